The molecule has 2 heterocycles. The van der Waals surface area contributed by atoms with Crippen LogP contribution in [0.2, 0.25) is 10.0 Å². The highest BCUT2D eigenvalue weighted by Gasteiger charge is 2.22. The molecule has 0 radical (unpaired) electrons. The lowest BCUT2D eigenvalue weighted by Gasteiger charge is -2.15. The second-order valence-corrected chi connectivity index (χ2v) is 6.57. The molecule has 4 nitrogen and oxygen atoms in total. The van der Waals surface area contributed by atoms with Crippen molar-refractivity contribution in [1.82, 2.24) is 9.55 Å². The molecular weight excluding hydrogens is 383 g/mol. The molecule has 0 fully saturated rings. The van der Waals surface area contributed by atoms with Crippen molar-refractivity contribution in [1.29, 1.82) is 0 Å². The normalized spacial score (nSPS) is 13.1. The number of nitrogens with zero attached hydrogens (tertiary/aromatic N) is 3. The van der Waals surface area contributed by atoms with Gasteiger partial charge >= 0.3 is 0 Å². The lowest BCUT2D eigenvalue weighted by Crippen LogP contribution is -2.12. The maximum atomic E-state index is 14.9. The maximum Gasteiger partial charge on any atom is 0.151 e. The zero-order chi connectivity index (χ0) is 18.4. The van der Waals surface area contributed by atoms with Crippen LogP contribution in [-0.4, -0.2) is 27.4 Å². The fourth-order valence-corrected chi connectivity index (χ4v) is 3.46. The first kappa shape index (κ1) is 17.0. The quantitative estimate of drug-likeness (QED) is 0.670. The van der Waals surface area contributed by atoms with Crippen molar-refractivity contribution >= 4 is 29.4 Å². The first-order valence-corrected chi connectivity index (χ1v) is 8.45. The summed E-state index contributed by atoms with van der Waals surface area (Å²) in [5.41, 5.74) is 0.559. The molecule has 0 saturated heterocycles. The van der Waals surface area contributed by atoms with E-state index in [-0.39, 0.29) is 21.2 Å². The van der Waals surface area contributed by atoms with Crippen LogP contribution in [-0.2, 0) is 6.54 Å². The third kappa shape index (κ3) is 2.66. The molecule has 1 aliphatic rings. The van der Waals surface area contributed by atoms with Crippen LogP contribution in [0.25, 0.3) is 22.4 Å². The SMILES string of the molecule is Oc1c(Cl)ccc(F)c1-c1c(F)cc(-c2cnc3n2CCN=C3)cc1Cl. The lowest BCUT2D eigenvalue weighted by molar-refractivity contribution is 0.471. The minimum absolute atomic E-state index is 0.0449. The number of fused-ring (bicyclic) bond motifs is 1. The third-order valence-corrected chi connectivity index (χ3v) is 4.81. The molecule has 0 bridgehead atoms. The fourth-order valence-electron chi connectivity index (χ4n) is 3.00. The van der Waals surface area contributed by atoms with Crippen LogP contribution in [0.5, 0.6) is 5.75 Å². The summed E-state index contributed by atoms with van der Waals surface area (Å²) < 4.78 is 31.0. The van der Waals surface area contributed by atoms with Gasteiger partial charge in [-0.25, -0.2) is 13.8 Å². The number of aromatic nitrogens is 2. The standard InChI is InChI=1S/C18H11Cl2F2N3O/c19-10-1-2-12(21)17(18(10)26)16-11(20)5-9(6-13(16)22)14-7-24-15-8-23-3-4-25(14)15/h1-2,5-8,26H,3-4H2. The Morgan fingerprint density at radius 1 is 1.04 bits per heavy atom. The minimum Gasteiger partial charge on any atom is -0.506 e. The van der Waals surface area contributed by atoms with E-state index in [1.165, 1.54) is 18.2 Å². The van der Waals surface area contributed by atoms with E-state index in [0.29, 0.717) is 30.2 Å². The molecule has 0 unspecified atom stereocenters. The zero-order valence-corrected chi connectivity index (χ0v) is 14.7. The Kier molecular flexibility index (Phi) is 4.17. The largest absolute Gasteiger partial charge is 0.506 e. The molecule has 0 spiro atoms. The fraction of sp³-hybridized carbons (Fsp3) is 0.111. The van der Waals surface area contributed by atoms with Gasteiger partial charge in [-0.15, -0.1) is 0 Å². The summed E-state index contributed by atoms with van der Waals surface area (Å²) in [5.74, 6) is -1.48. The van der Waals surface area contributed by atoms with Gasteiger partial charge in [0, 0.05) is 17.7 Å². The van der Waals surface area contributed by atoms with Crippen molar-refractivity contribution in [2.24, 2.45) is 4.99 Å². The molecule has 1 aliphatic heterocycles. The van der Waals surface area contributed by atoms with Crippen LogP contribution >= 0.6 is 23.2 Å². The summed E-state index contributed by atoms with van der Waals surface area (Å²) in [4.78, 5) is 8.40. The Hall–Kier alpha value is -2.44. The van der Waals surface area contributed by atoms with Crippen LogP contribution < -0.4 is 0 Å². The minimum atomic E-state index is -0.821. The number of imidazole rings is 1. The molecule has 26 heavy (non-hydrogen) atoms. The van der Waals surface area contributed by atoms with Crippen molar-refractivity contribution in [2.75, 3.05) is 6.54 Å². The molecule has 0 aliphatic carbocycles. The highest BCUT2D eigenvalue weighted by molar-refractivity contribution is 6.35. The molecule has 1 N–H and O–H groups in total. The summed E-state index contributed by atoms with van der Waals surface area (Å²) in [7, 11) is 0. The molecular formula is C18H11Cl2F2N3O. The number of hydrogen-bond donors (Lipinski definition) is 1. The predicted molar refractivity (Wildman–Crippen MR) is 97.2 cm³/mol. The third-order valence-electron chi connectivity index (χ3n) is 4.21. The van der Waals surface area contributed by atoms with Crippen molar-refractivity contribution in [3.8, 4) is 28.1 Å². The highest BCUT2D eigenvalue weighted by Crippen LogP contribution is 2.43. The monoisotopic (exact) mass is 393 g/mol. The van der Waals surface area contributed by atoms with E-state index >= 15 is 0 Å². The van der Waals surface area contributed by atoms with Crippen LogP contribution in [0, 0.1) is 11.6 Å². The second-order valence-electron chi connectivity index (χ2n) is 5.76. The van der Waals surface area contributed by atoms with Crippen LogP contribution in [0.3, 0.4) is 0 Å². The van der Waals surface area contributed by atoms with Gasteiger partial charge in [0.05, 0.1) is 40.3 Å². The predicted octanol–water partition coefficient (Wildman–Crippen LogP) is 4.94. The topological polar surface area (TPSA) is 50.4 Å². The van der Waals surface area contributed by atoms with Gasteiger partial charge in [-0.3, -0.25) is 4.99 Å². The number of rotatable bonds is 2. The van der Waals surface area contributed by atoms with Gasteiger partial charge in [0.15, 0.2) is 5.82 Å². The zero-order valence-electron chi connectivity index (χ0n) is 13.2. The first-order valence-electron chi connectivity index (χ1n) is 7.69. The van der Waals surface area contributed by atoms with Gasteiger partial charge in [0.2, 0.25) is 0 Å². The lowest BCUT2D eigenvalue weighted by atomic mass is 10.00. The Morgan fingerprint density at radius 3 is 2.62 bits per heavy atom. The van der Waals surface area contributed by atoms with Gasteiger partial charge in [-0.1, -0.05) is 23.2 Å². The number of hydrogen-bond acceptors (Lipinski definition) is 3. The molecule has 0 atom stereocenters. The number of aromatic hydroxyl groups is 1. The van der Waals surface area contributed by atoms with Gasteiger partial charge < -0.3 is 9.67 Å². The highest BCUT2D eigenvalue weighted by atomic mass is 35.5. The summed E-state index contributed by atoms with van der Waals surface area (Å²) in [6.07, 6.45) is 3.26. The summed E-state index contributed by atoms with van der Waals surface area (Å²) in [5, 5.41) is 9.93. The summed E-state index contributed by atoms with van der Waals surface area (Å²) >= 11 is 12.1. The van der Waals surface area contributed by atoms with Crippen molar-refractivity contribution in [2.45, 2.75) is 6.54 Å². The average Bonchev–Trinajstić information content (AvgIpc) is 3.04. The smallest absolute Gasteiger partial charge is 0.151 e. The van der Waals surface area contributed by atoms with Crippen molar-refractivity contribution < 1.29 is 13.9 Å². The van der Waals surface area contributed by atoms with Gasteiger partial charge in [-0.2, -0.15) is 0 Å². The van der Waals surface area contributed by atoms with Gasteiger partial charge in [0.25, 0.3) is 0 Å². The molecule has 132 valence electrons. The second kappa shape index (κ2) is 6.37. The Balaban J connectivity index is 1.89. The molecule has 1 aromatic heterocycles. The average molecular weight is 394 g/mol. The van der Waals surface area contributed by atoms with Crippen LogP contribution in [0.1, 0.15) is 5.82 Å². The molecule has 8 heteroatoms. The van der Waals surface area contributed by atoms with Gasteiger partial charge in [0.1, 0.15) is 17.4 Å². The van der Waals surface area contributed by atoms with Gasteiger partial charge in [-0.05, 0) is 24.3 Å². The van der Waals surface area contributed by atoms with Crippen LogP contribution in [0.4, 0.5) is 8.78 Å². The first-order chi connectivity index (χ1) is 12.5. The number of halogens is 4. The molecule has 3 aromatic rings. The Morgan fingerprint density at radius 2 is 1.85 bits per heavy atom. The maximum absolute atomic E-state index is 14.9. The van der Waals surface area contributed by atoms with E-state index in [1.807, 2.05) is 4.57 Å². The van der Waals surface area contributed by atoms with Crippen molar-refractivity contribution in [3.05, 3.63) is 58.0 Å². The van der Waals surface area contributed by atoms with E-state index in [0.717, 1.165) is 6.07 Å². The summed E-state index contributed by atoms with van der Waals surface area (Å²) in [6, 6.07) is 4.98. The van der Waals surface area contributed by atoms with E-state index in [9.17, 15) is 13.9 Å². The number of aliphatic imine (C=N–C) groups is 1. The number of benzene rings is 2. The van der Waals surface area contributed by atoms with Crippen LogP contribution in [0.15, 0.2) is 35.5 Å². The van der Waals surface area contributed by atoms with E-state index < -0.39 is 17.4 Å². The van der Waals surface area contributed by atoms with E-state index in [4.69, 9.17) is 23.2 Å². The molecule has 2 aromatic carbocycles. The molecule has 4 rings (SSSR count). The molecule has 0 amide bonds. The van der Waals surface area contributed by atoms with E-state index in [1.54, 1.807) is 12.4 Å². The Bertz CT molecular complexity index is 1040. The van der Waals surface area contributed by atoms with Crippen molar-refractivity contribution in [3.63, 3.8) is 0 Å². The van der Waals surface area contributed by atoms with E-state index in [2.05, 4.69) is 9.98 Å². The summed E-state index contributed by atoms with van der Waals surface area (Å²) in [6.45, 7) is 1.22. The number of phenolic OH excluding ortho intramolecular Hbond substituents is 1. The molecule has 0 saturated carbocycles. The number of phenols is 1. The Labute approximate surface area is 157 Å².